The number of halogens is 3. The minimum absolute atomic E-state index is 0.167. The minimum atomic E-state index is -4.77. The van der Waals surface area contributed by atoms with Crippen molar-refractivity contribution in [2.45, 2.75) is 6.92 Å². The Morgan fingerprint density at radius 1 is 1.18 bits per heavy atom. The fourth-order valence-corrected chi connectivity index (χ4v) is 3.74. The van der Waals surface area contributed by atoms with Gasteiger partial charge in [0.2, 0.25) is 0 Å². The molecule has 0 aliphatic carbocycles. The summed E-state index contributed by atoms with van der Waals surface area (Å²) < 4.78 is 34.8. The van der Waals surface area contributed by atoms with Gasteiger partial charge in [-0.2, -0.15) is 8.42 Å². The van der Waals surface area contributed by atoms with Gasteiger partial charge in [0.1, 0.15) is 0 Å². The minimum Gasteiger partial charge on any atom is -0.307 e. The second-order valence-corrected chi connectivity index (χ2v) is 8.37. The first-order valence-corrected chi connectivity index (χ1v) is 10.4. The van der Waals surface area contributed by atoms with Crippen LogP contribution in [0.25, 0.3) is 0 Å². The van der Waals surface area contributed by atoms with Crippen LogP contribution in [0, 0.1) is 5.92 Å². The standard InChI is InChI=1S/C17H13Cl3N2O5S/c1-9-8-22(17(23)12-4-2-11(19)7-14(12)20)15-5-3-10(18)6-13(15)16(9)21-27-28(24,25)26/h2-7,9H,8H2,1H3,(H,24,25,26)/b21-16-. The van der Waals surface area contributed by atoms with Crippen LogP contribution in [-0.4, -0.2) is 31.1 Å². The summed E-state index contributed by atoms with van der Waals surface area (Å²) in [5.74, 6) is -0.797. The first kappa shape index (κ1) is 20.9. The Balaban J connectivity index is 2.09. The zero-order valence-electron chi connectivity index (χ0n) is 14.3. The highest BCUT2D eigenvalue weighted by Gasteiger charge is 2.33. The van der Waals surface area contributed by atoms with E-state index in [1.54, 1.807) is 25.1 Å². The van der Waals surface area contributed by atoms with Crippen LogP contribution in [0.15, 0.2) is 41.6 Å². The molecule has 1 aliphatic heterocycles. The number of benzene rings is 2. The van der Waals surface area contributed by atoms with Crippen LogP contribution in [0.5, 0.6) is 0 Å². The van der Waals surface area contributed by atoms with Crippen LogP contribution < -0.4 is 4.90 Å². The number of carbonyl (C=O) groups is 1. The average molecular weight is 464 g/mol. The summed E-state index contributed by atoms with van der Waals surface area (Å²) in [7, 11) is -4.77. The molecule has 1 unspecified atom stereocenters. The predicted octanol–water partition coefficient (Wildman–Crippen LogP) is 4.47. The van der Waals surface area contributed by atoms with E-state index in [2.05, 4.69) is 9.44 Å². The van der Waals surface area contributed by atoms with Crippen molar-refractivity contribution in [3.63, 3.8) is 0 Å². The topological polar surface area (TPSA) is 96.3 Å². The Bertz CT molecular complexity index is 1090. The van der Waals surface area contributed by atoms with Crippen LogP contribution >= 0.6 is 34.8 Å². The summed E-state index contributed by atoms with van der Waals surface area (Å²) in [5.41, 5.74) is 1.32. The van der Waals surface area contributed by atoms with Crippen LogP contribution in [0.4, 0.5) is 5.69 Å². The van der Waals surface area contributed by atoms with E-state index in [9.17, 15) is 13.2 Å². The fraction of sp³-hybridized carbons (Fsp3) is 0.176. The molecule has 1 amide bonds. The van der Waals surface area contributed by atoms with Gasteiger partial charge in [-0.05, 0) is 36.4 Å². The summed E-state index contributed by atoms with van der Waals surface area (Å²) in [6.07, 6.45) is 0. The molecule has 0 fully saturated rings. The number of hydrogen-bond acceptors (Lipinski definition) is 5. The van der Waals surface area contributed by atoms with E-state index in [0.29, 0.717) is 21.3 Å². The van der Waals surface area contributed by atoms with Crippen molar-refractivity contribution < 1.29 is 22.0 Å². The Kier molecular flexibility index (Phi) is 5.88. The molecule has 0 saturated heterocycles. The monoisotopic (exact) mass is 462 g/mol. The highest BCUT2D eigenvalue weighted by Crippen LogP contribution is 2.34. The van der Waals surface area contributed by atoms with Crippen molar-refractivity contribution in [2.24, 2.45) is 11.1 Å². The molecule has 1 aliphatic rings. The maximum atomic E-state index is 13.1. The zero-order valence-corrected chi connectivity index (χ0v) is 17.3. The number of carbonyl (C=O) groups excluding carboxylic acids is 1. The summed E-state index contributed by atoms with van der Waals surface area (Å²) in [6.45, 7) is 1.89. The van der Waals surface area contributed by atoms with E-state index in [-0.39, 0.29) is 28.7 Å². The molecule has 148 valence electrons. The number of hydrogen-bond donors (Lipinski definition) is 1. The van der Waals surface area contributed by atoms with Gasteiger partial charge in [-0.3, -0.25) is 9.35 Å². The van der Waals surface area contributed by atoms with Gasteiger partial charge in [0.05, 0.1) is 22.0 Å². The Morgan fingerprint density at radius 2 is 1.82 bits per heavy atom. The second kappa shape index (κ2) is 7.88. The lowest BCUT2D eigenvalue weighted by Crippen LogP contribution is -2.42. The van der Waals surface area contributed by atoms with E-state index in [1.807, 2.05) is 0 Å². The third-order valence-corrected chi connectivity index (χ3v) is 5.13. The van der Waals surface area contributed by atoms with Crippen LogP contribution in [0.2, 0.25) is 15.1 Å². The Morgan fingerprint density at radius 3 is 2.46 bits per heavy atom. The first-order valence-electron chi connectivity index (χ1n) is 7.87. The molecule has 1 heterocycles. The smallest absolute Gasteiger partial charge is 0.307 e. The molecular formula is C17H13Cl3N2O5S. The molecule has 28 heavy (non-hydrogen) atoms. The van der Waals surface area contributed by atoms with E-state index in [4.69, 9.17) is 39.4 Å². The fourth-order valence-electron chi connectivity index (χ4n) is 2.90. The number of nitrogens with zero attached hydrogens (tertiary/aromatic N) is 2. The van der Waals surface area contributed by atoms with Crippen molar-refractivity contribution in [1.82, 2.24) is 0 Å². The molecule has 11 heteroatoms. The number of fused-ring (bicyclic) bond motifs is 1. The van der Waals surface area contributed by atoms with Gasteiger partial charge in [0.25, 0.3) is 5.91 Å². The largest absolute Gasteiger partial charge is 0.466 e. The van der Waals surface area contributed by atoms with E-state index < -0.39 is 16.3 Å². The van der Waals surface area contributed by atoms with Crippen LogP contribution in [0.3, 0.4) is 0 Å². The molecule has 0 spiro atoms. The third kappa shape index (κ3) is 4.42. The maximum absolute atomic E-state index is 13.1. The maximum Gasteiger partial charge on any atom is 0.466 e. The molecule has 0 aromatic heterocycles. The highest BCUT2D eigenvalue weighted by molar-refractivity contribution is 7.80. The lowest BCUT2D eigenvalue weighted by atomic mass is 9.91. The van der Waals surface area contributed by atoms with Gasteiger partial charge < -0.3 is 4.90 Å². The lowest BCUT2D eigenvalue weighted by Gasteiger charge is -2.34. The van der Waals surface area contributed by atoms with Gasteiger partial charge in [-0.25, -0.2) is 4.28 Å². The molecule has 1 atom stereocenters. The molecule has 2 aromatic rings. The van der Waals surface area contributed by atoms with Crippen molar-refractivity contribution >= 4 is 62.5 Å². The van der Waals surface area contributed by atoms with Crippen LogP contribution in [0.1, 0.15) is 22.8 Å². The van der Waals surface area contributed by atoms with Crippen molar-refractivity contribution in [3.05, 3.63) is 62.6 Å². The number of rotatable bonds is 3. The Hall–Kier alpha value is -1.84. The lowest BCUT2D eigenvalue weighted by molar-refractivity contribution is 0.0984. The summed E-state index contributed by atoms with van der Waals surface area (Å²) in [4.78, 5) is 14.6. The summed E-state index contributed by atoms with van der Waals surface area (Å²) in [6, 6.07) is 9.28. The Labute approximate surface area is 176 Å². The van der Waals surface area contributed by atoms with Gasteiger partial charge in [-0.1, -0.05) is 46.9 Å². The van der Waals surface area contributed by atoms with E-state index in [1.165, 1.54) is 23.1 Å². The molecule has 0 radical (unpaired) electrons. The molecule has 3 rings (SSSR count). The highest BCUT2D eigenvalue weighted by atomic mass is 35.5. The van der Waals surface area contributed by atoms with Gasteiger partial charge >= 0.3 is 10.4 Å². The van der Waals surface area contributed by atoms with Crippen molar-refractivity contribution in [2.75, 3.05) is 11.4 Å². The van der Waals surface area contributed by atoms with Crippen molar-refractivity contribution in [1.29, 1.82) is 0 Å². The summed E-state index contributed by atoms with van der Waals surface area (Å²) >= 11 is 18.1. The third-order valence-electron chi connectivity index (χ3n) is 4.09. The number of amides is 1. The molecule has 0 bridgehead atoms. The second-order valence-electron chi connectivity index (χ2n) is 6.08. The number of anilines is 1. The molecule has 1 N–H and O–H groups in total. The van der Waals surface area contributed by atoms with Crippen LogP contribution in [-0.2, 0) is 14.7 Å². The number of oxime groups is 1. The predicted molar refractivity (Wildman–Crippen MR) is 108 cm³/mol. The SMILES string of the molecule is CC1CN(C(=O)c2ccc(Cl)cc2Cl)c2ccc(Cl)cc2/C1=N\OS(=O)(=O)O. The normalized spacial score (nSPS) is 18.1. The molecule has 7 nitrogen and oxygen atoms in total. The molecule has 0 saturated carbocycles. The van der Waals surface area contributed by atoms with E-state index in [0.717, 1.165) is 0 Å². The average Bonchev–Trinajstić information content (AvgIpc) is 2.58. The quantitative estimate of drug-likeness (QED) is 0.535. The van der Waals surface area contributed by atoms with Gasteiger partial charge in [0.15, 0.2) is 0 Å². The zero-order chi connectivity index (χ0) is 20.6. The first-order chi connectivity index (χ1) is 13.1. The van der Waals surface area contributed by atoms with Gasteiger partial charge in [-0.15, -0.1) is 0 Å². The molecule has 2 aromatic carbocycles. The molecular weight excluding hydrogens is 451 g/mol. The van der Waals surface area contributed by atoms with Crippen molar-refractivity contribution in [3.8, 4) is 0 Å². The summed E-state index contributed by atoms with van der Waals surface area (Å²) in [5, 5.41) is 4.51. The van der Waals surface area contributed by atoms with E-state index >= 15 is 0 Å². The van der Waals surface area contributed by atoms with Gasteiger partial charge in [0, 0.05) is 28.1 Å².